The quantitative estimate of drug-likeness (QED) is 0.301. The number of esters is 1. The summed E-state index contributed by atoms with van der Waals surface area (Å²) in [5.74, 6) is 0.358. The molecule has 1 atom stereocenters. The summed E-state index contributed by atoms with van der Waals surface area (Å²) in [6.45, 7) is 1.96. The summed E-state index contributed by atoms with van der Waals surface area (Å²) in [5, 5.41) is 2.06. The van der Waals surface area contributed by atoms with Crippen molar-refractivity contribution in [2.75, 3.05) is 31.7 Å². The van der Waals surface area contributed by atoms with Gasteiger partial charge in [0.25, 0.3) is 0 Å². The zero-order valence-corrected chi connectivity index (χ0v) is 21.4. The van der Waals surface area contributed by atoms with E-state index in [-0.39, 0.29) is 11.1 Å². The Balaban J connectivity index is 1.45. The van der Waals surface area contributed by atoms with Crippen LogP contribution in [-0.4, -0.2) is 38.9 Å². The molecule has 192 valence electrons. The van der Waals surface area contributed by atoms with Crippen LogP contribution in [-0.2, 0) is 15.7 Å². The summed E-state index contributed by atoms with van der Waals surface area (Å²) in [6.07, 6.45) is 1.72. The van der Waals surface area contributed by atoms with E-state index in [1.807, 2.05) is 12.1 Å². The van der Waals surface area contributed by atoms with Crippen LogP contribution in [0, 0.1) is 5.92 Å². The van der Waals surface area contributed by atoms with E-state index in [1.54, 1.807) is 11.4 Å². The molecule has 0 radical (unpaired) electrons. The zero-order valence-electron chi connectivity index (χ0n) is 19.9. The van der Waals surface area contributed by atoms with Crippen molar-refractivity contribution in [1.82, 2.24) is 0 Å². The molecule has 9 heteroatoms. The summed E-state index contributed by atoms with van der Waals surface area (Å²) in [6, 6.07) is 7.98. The van der Waals surface area contributed by atoms with Gasteiger partial charge in [0.15, 0.2) is 0 Å². The molecule has 2 fully saturated rings. The van der Waals surface area contributed by atoms with Crippen molar-refractivity contribution in [1.29, 1.82) is 0 Å². The molecule has 0 bridgehead atoms. The fourth-order valence-electron chi connectivity index (χ4n) is 5.06. The number of anilines is 1. The van der Waals surface area contributed by atoms with Gasteiger partial charge in [-0.25, -0.2) is 4.79 Å². The van der Waals surface area contributed by atoms with Crippen LogP contribution in [0.15, 0.2) is 35.7 Å². The van der Waals surface area contributed by atoms with Crippen LogP contribution in [0.4, 0.5) is 18.9 Å². The number of methoxy groups -OCH3 is 1. The molecule has 1 aliphatic heterocycles. The van der Waals surface area contributed by atoms with E-state index in [4.69, 9.17) is 21.1 Å². The highest BCUT2D eigenvalue weighted by Crippen LogP contribution is 2.43. The normalized spacial score (nSPS) is 18.9. The van der Waals surface area contributed by atoms with Gasteiger partial charge >= 0.3 is 12.1 Å². The molecule has 2 aliphatic rings. The molecule has 0 N–H and O–H groups in total. The molecule has 5 rings (SSSR count). The second-order valence-corrected chi connectivity index (χ2v) is 10.8. The average molecular weight is 538 g/mol. The summed E-state index contributed by atoms with van der Waals surface area (Å²) in [5.41, 5.74) is 1.79. The maximum atomic E-state index is 13.3. The van der Waals surface area contributed by atoms with Gasteiger partial charge in [0, 0.05) is 28.7 Å². The largest absolute Gasteiger partial charge is 0.465 e. The van der Waals surface area contributed by atoms with Crippen LogP contribution in [0.2, 0.25) is 5.02 Å². The van der Waals surface area contributed by atoms with Gasteiger partial charge in [-0.2, -0.15) is 13.2 Å². The van der Waals surface area contributed by atoms with Crippen LogP contribution >= 0.6 is 22.9 Å². The van der Waals surface area contributed by atoms with Gasteiger partial charge in [0.2, 0.25) is 0 Å². The van der Waals surface area contributed by atoms with Crippen molar-refractivity contribution in [3.63, 3.8) is 0 Å². The first kappa shape index (κ1) is 25.4. The lowest BCUT2D eigenvalue weighted by atomic mass is 9.81. The molecule has 36 heavy (non-hydrogen) atoms. The Bertz CT molecular complexity index is 1270. The lowest BCUT2D eigenvalue weighted by Gasteiger charge is -2.36. The Morgan fingerprint density at radius 2 is 2.03 bits per heavy atom. The molecule has 2 heterocycles. The lowest BCUT2D eigenvalue weighted by Crippen LogP contribution is -2.43. The molecule has 1 saturated carbocycles. The van der Waals surface area contributed by atoms with E-state index in [0.717, 1.165) is 35.2 Å². The summed E-state index contributed by atoms with van der Waals surface area (Å²) < 4.78 is 51.5. The maximum Gasteiger partial charge on any atom is 0.417 e. The van der Waals surface area contributed by atoms with E-state index in [9.17, 15) is 18.0 Å². The SMILES string of the molecule is COC(=O)c1cc(-c2csc3cc(C(F)(F)F)c(Cl)cc23)ccc1N1CCO[C@H](CCC2CCC2)C1. The van der Waals surface area contributed by atoms with Crippen molar-refractivity contribution in [2.45, 2.75) is 44.4 Å². The Hall–Kier alpha value is -2.29. The number of nitrogens with zero attached hydrogens (tertiary/aromatic N) is 1. The van der Waals surface area contributed by atoms with Gasteiger partial charge in [-0.3, -0.25) is 0 Å². The van der Waals surface area contributed by atoms with Crippen LogP contribution in [0.25, 0.3) is 21.2 Å². The summed E-state index contributed by atoms with van der Waals surface area (Å²) in [7, 11) is 1.35. The molecule has 1 saturated heterocycles. The number of morpholine rings is 1. The van der Waals surface area contributed by atoms with Gasteiger partial charge in [-0.05, 0) is 54.0 Å². The Morgan fingerprint density at radius 3 is 2.72 bits per heavy atom. The van der Waals surface area contributed by atoms with Crippen molar-refractivity contribution >= 4 is 44.7 Å². The van der Waals surface area contributed by atoms with E-state index < -0.39 is 17.7 Å². The maximum absolute atomic E-state index is 13.3. The predicted molar refractivity (Wildman–Crippen MR) is 137 cm³/mol. The number of hydrogen-bond donors (Lipinski definition) is 0. The predicted octanol–water partition coefficient (Wildman–Crippen LogP) is 7.81. The molecule has 1 aromatic heterocycles. The molecule has 1 aliphatic carbocycles. The van der Waals surface area contributed by atoms with E-state index in [0.29, 0.717) is 35.3 Å². The Kier molecular flexibility index (Phi) is 7.21. The second-order valence-electron chi connectivity index (χ2n) is 9.51. The third kappa shape index (κ3) is 5.08. The number of thiophene rings is 1. The van der Waals surface area contributed by atoms with Crippen LogP contribution < -0.4 is 4.90 Å². The minimum Gasteiger partial charge on any atom is -0.465 e. The standard InChI is InChI=1S/C27H27ClF3NO3S/c1-34-26(33)20-11-17(21-15-36-25-13-22(27(29,30)31)23(28)12-19(21)25)6-8-24(20)32-9-10-35-18(14-32)7-5-16-3-2-4-16/h6,8,11-13,15-16,18H,2-5,7,9-10,14H2,1H3/t18-/m1/s1. The third-order valence-corrected chi connectivity index (χ3v) is 8.54. The van der Waals surface area contributed by atoms with Gasteiger partial charge in [-0.15, -0.1) is 11.3 Å². The summed E-state index contributed by atoms with van der Waals surface area (Å²) >= 11 is 7.21. The molecular formula is C27H27ClF3NO3S. The molecule has 2 aromatic carbocycles. The lowest BCUT2D eigenvalue weighted by molar-refractivity contribution is -0.137. The fourth-order valence-corrected chi connectivity index (χ4v) is 6.32. The highest BCUT2D eigenvalue weighted by Gasteiger charge is 2.34. The van der Waals surface area contributed by atoms with Gasteiger partial charge in [0.05, 0.1) is 41.7 Å². The van der Waals surface area contributed by atoms with Crippen molar-refractivity contribution in [3.8, 4) is 11.1 Å². The van der Waals surface area contributed by atoms with Crippen LogP contribution in [0.1, 0.15) is 48.0 Å². The highest BCUT2D eigenvalue weighted by molar-refractivity contribution is 7.17. The van der Waals surface area contributed by atoms with Gasteiger partial charge in [0.1, 0.15) is 0 Å². The number of fused-ring (bicyclic) bond motifs is 1. The topological polar surface area (TPSA) is 38.8 Å². The molecule has 4 nitrogen and oxygen atoms in total. The van der Waals surface area contributed by atoms with E-state index in [2.05, 4.69) is 4.90 Å². The highest BCUT2D eigenvalue weighted by atomic mass is 35.5. The number of benzene rings is 2. The average Bonchev–Trinajstić information content (AvgIpc) is 3.24. The third-order valence-electron chi connectivity index (χ3n) is 7.28. The minimum atomic E-state index is -4.52. The van der Waals surface area contributed by atoms with Crippen molar-refractivity contribution in [2.24, 2.45) is 5.92 Å². The zero-order chi connectivity index (χ0) is 25.4. The first-order valence-electron chi connectivity index (χ1n) is 12.1. The Labute approximate surface area is 216 Å². The molecular weight excluding hydrogens is 511 g/mol. The number of carbonyl (C=O) groups is 1. The van der Waals surface area contributed by atoms with Crippen molar-refractivity contribution < 1.29 is 27.4 Å². The number of ether oxygens (including phenoxy) is 2. The summed E-state index contributed by atoms with van der Waals surface area (Å²) in [4.78, 5) is 15.0. The number of hydrogen-bond acceptors (Lipinski definition) is 5. The van der Waals surface area contributed by atoms with Crippen LogP contribution in [0.3, 0.4) is 0 Å². The van der Waals surface area contributed by atoms with E-state index in [1.165, 1.54) is 50.2 Å². The first-order valence-corrected chi connectivity index (χ1v) is 13.4. The minimum absolute atomic E-state index is 0.121. The first-order chi connectivity index (χ1) is 17.2. The van der Waals surface area contributed by atoms with Gasteiger partial charge < -0.3 is 14.4 Å². The number of rotatable bonds is 6. The van der Waals surface area contributed by atoms with E-state index >= 15 is 0 Å². The monoisotopic (exact) mass is 537 g/mol. The molecule has 0 amide bonds. The van der Waals surface area contributed by atoms with Crippen LogP contribution in [0.5, 0.6) is 0 Å². The number of halogens is 4. The second kappa shape index (κ2) is 10.2. The smallest absolute Gasteiger partial charge is 0.417 e. The fraction of sp³-hybridized carbons (Fsp3) is 0.444. The van der Waals surface area contributed by atoms with Gasteiger partial charge in [-0.1, -0.05) is 36.9 Å². The number of alkyl halides is 3. The molecule has 0 unspecified atom stereocenters. The van der Waals surface area contributed by atoms with Crippen molar-refractivity contribution in [3.05, 3.63) is 51.9 Å². The Morgan fingerprint density at radius 1 is 1.22 bits per heavy atom. The molecule has 0 spiro atoms. The number of carbonyl (C=O) groups excluding carboxylic acids is 1. The molecule has 3 aromatic rings.